The zero-order valence-electron chi connectivity index (χ0n) is 15.0. The third-order valence-corrected chi connectivity index (χ3v) is 5.68. The topological polar surface area (TPSA) is 52.6 Å². The third-order valence-electron chi connectivity index (χ3n) is 5.68. The van der Waals surface area contributed by atoms with Gasteiger partial charge in [0.15, 0.2) is 5.96 Å². The molecule has 5 heteroatoms. The van der Waals surface area contributed by atoms with Gasteiger partial charge in [0.2, 0.25) is 0 Å². The number of nitrogens with zero attached hydrogens (tertiary/aromatic N) is 3. The Kier molecular flexibility index (Phi) is 4.47. The first-order valence-corrected chi connectivity index (χ1v) is 9.33. The van der Waals surface area contributed by atoms with Crippen molar-refractivity contribution in [2.45, 2.75) is 25.7 Å². The molecule has 0 radical (unpaired) electrons. The Bertz CT molecular complexity index is 766. The summed E-state index contributed by atoms with van der Waals surface area (Å²) in [7, 11) is 1.88. The fraction of sp³-hybridized carbons (Fsp3) is 0.500. The smallest absolute Gasteiger partial charge is 0.193 e. The summed E-state index contributed by atoms with van der Waals surface area (Å²) in [5.41, 5.74) is 1.63. The molecule has 1 aromatic carbocycles. The van der Waals surface area contributed by atoms with Crippen molar-refractivity contribution in [1.82, 2.24) is 15.2 Å². The van der Waals surface area contributed by atoms with Gasteiger partial charge in [-0.1, -0.05) is 24.6 Å². The molecule has 2 N–H and O–H groups in total. The van der Waals surface area contributed by atoms with Crippen LogP contribution in [-0.2, 0) is 0 Å². The van der Waals surface area contributed by atoms with Crippen LogP contribution in [0.5, 0.6) is 0 Å². The number of likely N-dealkylation sites (tertiary alicyclic amines) is 1. The lowest BCUT2D eigenvalue weighted by Gasteiger charge is -2.38. The Morgan fingerprint density at radius 1 is 1.16 bits per heavy atom. The lowest BCUT2D eigenvalue weighted by atomic mass is 9.68. The van der Waals surface area contributed by atoms with Crippen molar-refractivity contribution in [3.05, 3.63) is 36.4 Å². The van der Waals surface area contributed by atoms with Gasteiger partial charge >= 0.3 is 0 Å². The molecular weight excluding hydrogens is 310 g/mol. The van der Waals surface area contributed by atoms with Gasteiger partial charge in [0, 0.05) is 38.6 Å². The van der Waals surface area contributed by atoms with E-state index in [1.54, 1.807) is 0 Å². The summed E-state index contributed by atoms with van der Waals surface area (Å²) in [6.45, 7) is 3.97. The molecule has 2 heterocycles. The SMILES string of the molecule is CN=C(NCCNc1ccc2ccccc2n1)N1CCC2(CCC2)C1. The fourth-order valence-electron chi connectivity index (χ4n) is 4.06. The number of aliphatic imine (C=N–C) groups is 1. The number of pyridine rings is 1. The molecule has 0 amide bonds. The van der Waals surface area contributed by atoms with Crippen LogP contribution in [0, 0.1) is 5.41 Å². The first-order valence-electron chi connectivity index (χ1n) is 9.33. The Labute approximate surface area is 149 Å². The van der Waals surface area contributed by atoms with E-state index in [0.717, 1.165) is 36.9 Å². The zero-order valence-corrected chi connectivity index (χ0v) is 15.0. The Morgan fingerprint density at radius 3 is 2.80 bits per heavy atom. The molecule has 0 unspecified atom stereocenters. The van der Waals surface area contributed by atoms with Crippen LogP contribution >= 0.6 is 0 Å². The summed E-state index contributed by atoms with van der Waals surface area (Å²) in [6, 6.07) is 12.3. The molecule has 0 bridgehead atoms. The number of guanidine groups is 1. The Balaban J connectivity index is 1.26. The van der Waals surface area contributed by atoms with Gasteiger partial charge in [-0.3, -0.25) is 4.99 Å². The number of rotatable bonds is 4. The van der Waals surface area contributed by atoms with E-state index in [-0.39, 0.29) is 0 Å². The van der Waals surface area contributed by atoms with Gasteiger partial charge in [-0.25, -0.2) is 4.98 Å². The van der Waals surface area contributed by atoms with Crippen LogP contribution in [0.2, 0.25) is 0 Å². The van der Waals surface area contributed by atoms with Crippen LogP contribution in [0.3, 0.4) is 0 Å². The molecule has 0 atom stereocenters. The molecule has 4 rings (SSSR count). The predicted octanol–water partition coefficient (Wildman–Crippen LogP) is 3.10. The van der Waals surface area contributed by atoms with Gasteiger partial charge in [-0.15, -0.1) is 0 Å². The van der Waals surface area contributed by atoms with Crippen LogP contribution in [-0.4, -0.2) is 49.1 Å². The average Bonchev–Trinajstić information content (AvgIpc) is 3.08. The monoisotopic (exact) mass is 337 g/mol. The van der Waals surface area contributed by atoms with E-state index in [1.807, 2.05) is 31.3 Å². The van der Waals surface area contributed by atoms with Crippen LogP contribution in [0.1, 0.15) is 25.7 Å². The van der Waals surface area contributed by atoms with Gasteiger partial charge in [-0.05, 0) is 42.9 Å². The number of fused-ring (bicyclic) bond motifs is 1. The van der Waals surface area contributed by atoms with Crippen LogP contribution in [0.15, 0.2) is 41.4 Å². The van der Waals surface area contributed by atoms with Crippen molar-refractivity contribution in [1.29, 1.82) is 0 Å². The number of nitrogens with one attached hydrogen (secondary N) is 2. The first kappa shape index (κ1) is 16.2. The maximum absolute atomic E-state index is 4.65. The maximum atomic E-state index is 4.65. The van der Waals surface area contributed by atoms with Crippen LogP contribution in [0.4, 0.5) is 5.82 Å². The second-order valence-corrected chi connectivity index (χ2v) is 7.32. The summed E-state index contributed by atoms with van der Waals surface area (Å²) in [5.74, 6) is 1.96. The molecule has 1 saturated heterocycles. The summed E-state index contributed by atoms with van der Waals surface area (Å²) < 4.78 is 0. The number of para-hydroxylation sites is 1. The van der Waals surface area contributed by atoms with E-state index < -0.39 is 0 Å². The van der Waals surface area contributed by atoms with Crippen LogP contribution in [0.25, 0.3) is 10.9 Å². The highest BCUT2D eigenvalue weighted by Crippen LogP contribution is 2.47. The van der Waals surface area contributed by atoms with Crippen molar-refractivity contribution in [3.8, 4) is 0 Å². The van der Waals surface area contributed by atoms with E-state index in [2.05, 4.69) is 37.6 Å². The van der Waals surface area contributed by atoms with E-state index in [9.17, 15) is 0 Å². The molecule has 1 aliphatic carbocycles. The minimum atomic E-state index is 0.602. The van der Waals surface area contributed by atoms with Crippen LogP contribution < -0.4 is 10.6 Å². The number of hydrogen-bond acceptors (Lipinski definition) is 3. The number of aromatic nitrogens is 1. The van der Waals surface area contributed by atoms with Crippen molar-refractivity contribution in [3.63, 3.8) is 0 Å². The van der Waals surface area contributed by atoms with Crippen molar-refractivity contribution < 1.29 is 0 Å². The molecule has 2 aromatic rings. The van der Waals surface area contributed by atoms with Gasteiger partial charge in [0.25, 0.3) is 0 Å². The molecule has 2 fully saturated rings. The normalized spacial score (nSPS) is 19.2. The summed E-state index contributed by atoms with van der Waals surface area (Å²) in [5, 5.41) is 8.06. The summed E-state index contributed by atoms with van der Waals surface area (Å²) in [4.78, 5) is 11.5. The minimum Gasteiger partial charge on any atom is -0.368 e. The molecular formula is C20H27N5. The summed E-state index contributed by atoms with van der Waals surface area (Å²) in [6.07, 6.45) is 5.53. The fourth-order valence-corrected chi connectivity index (χ4v) is 4.06. The number of benzene rings is 1. The summed E-state index contributed by atoms with van der Waals surface area (Å²) >= 11 is 0. The standard InChI is InChI=1S/C20H27N5/c1-21-19(25-14-11-20(15-25)9-4-10-20)23-13-12-22-18-8-7-16-5-2-3-6-17(16)24-18/h2-3,5-8H,4,9-15H2,1H3,(H,21,23)(H,22,24). The van der Waals surface area contributed by atoms with Gasteiger partial charge in [0.1, 0.15) is 5.82 Å². The molecule has 132 valence electrons. The second-order valence-electron chi connectivity index (χ2n) is 7.32. The maximum Gasteiger partial charge on any atom is 0.193 e. The second kappa shape index (κ2) is 6.90. The third kappa shape index (κ3) is 3.41. The molecule has 25 heavy (non-hydrogen) atoms. The van der Waals surface area contributed by atoms with Crippen molar-refractivity contribution >= 4 is 22.7 Å². The van der Waals surface area contributed by atoms with Gasteiger partial charge in [-0.2, -0.15) is 0 Å². The highest BCUT2D eigenvalue weighted by molar-refractivity contribution is 5.81. The van der Waals surface area contributed by atoms with E-state index >= 15 is 0 Å². The molecule has 5 nitrogen and oxygen atoms in total. The quantitative estimate of drug-likeness (QED) is 0.511. The number of hydrogen-bond donors (Lipinski definition) is 2. The molecule has 1 aromatic heterocycles. The van der Waals surface area contributed by atoms with E-state index in [4.69, 9.17) is 0 Å². The Hall–Kier alpha value is -2.30. The largest absolute Gasteiger partial charge is 0.368 e. The lowest BCUT2D eigenvalue weighted by molar-refractivity contribution is 0.151. The van der Waals surface area contributed by atoms with E-state index in [1.165, 1.54) is 37.6 Å². The lowest BCUT2D eigenvalue weighted by Crippen LogP contribution is -2.43. The highest BCUT2D eigenvalue weighted by atomic mass is 15.3. The van der Waals surface area contributed by atoms with Crippen molar-refractivity contribution in [2.24, 2.45) is 10.4 Å². The van der Waals surface area contributed by atoms with Crippen molar-refractivity contribution in [2.75, 3.05) is 38.5 Å². The predicted molar refractivity (Wildman–Crippen MR) is 104 cm³/mol. The van der Waals surface area contributed by atoms with E-state index in [0.29, 0.717) is 5.41 Å². The molecule has 2 aliphatic rings. The Morgan fingerprint density at radius 2 is 2.04 bits per heavy atom. The first-order chi connectivity index (χ1) is 12.3. The highest BCUT2D eigenvalue weighted by Gasteiger charge is 2.43. The molecule has 1 spiro atoms. The number of anilines is 1. The molecule has 1 aliphatic heterocycles. The zero-order chi connectivity index (χ0) is 17.1. The average molecular weight is 337 g/mol. The van der Waals surface area contributed by atoms with Gasteiger partial charge in [0.05, 0.1) is 5.52 Å². The minimum absolute atomic E-state index is 0.602. The molecule has 1 saturated carbocycles. The van der Waals surface area contributed by atoms with Gasteiger partial charge < -0.3 is 15.5 Å².